The van der Waals surface area contributed by atoms with E-state index < -0.39 is 0 Å². The third-order valence-electron chi connectivity index (χ3n) is 3.19. The van der Waals surface area contributed by atoms with E-state index in [0.717, 1.165) is 4.47 Å². The highest BCUT2D eigenvalue weighted by molar-refractivity contribution is 9.11. The predicted molar refractivity (Wildman–Crippen MR) is 87.6 cm³/mol. The van der Waals surface area contributed by atoms with E-state index in [9.17, 15) is 5.21 Å². The monoisotopic (exact) mass is 442 g/mol. The number of nitrogens with zero attached hydrogens (tertiary/aromatic N) is 4. The average Bonchev–Trinajstić information content (AvgIpc) is 3.04. The van der Waals surface area contributed by atoms with E-state index in [1.807, 2.05) is 0 Å². The molecule has 110 valence electrons. The van der Waals surface area contributed by atoms with Crippen LogP contribution < -0.4 is 4.85 Å². The van der Waals surface area contributed by atoms with Crippen molar-refractivity contribution in [2.75, 3.05) is 0 Å². The van der Waals surface area contributed by atoms with Crippen molar-refractivity contribution in [2.45, 2.75) is 0 Å². The fourth-order valence-electron chi connectivity index (χ4n) is 2.22. The molecule has 0 atom stereocenters. The van der Waals surface area contributed by atoms with Crippen molar-refractivity contribution >= 4 is 60.1 Å². The smallest absolute Gasteiger partial charge is 0.270 e. The summed E-state index contributed by atoms with van der Waals surface area (Å²) in [5.41, 5.74) is 1.85. The number of fused-ring (bicyclic) bond motifs is 3. The first-order valence-corrected chi connectivity index (χ1v) is 8.03. The molecule has 0 aliphatic heterocycles. The number of halogens is 3. The molecule has 0 saturated carbocycles. The molecule has 0 amide bonds. The maximum atomic E-state index is 12.1. The Bertz CT molecular complexity index is 1040. The van der Waals surface area contributed by atoms with Gasteiger partial charge in [-0.3, -0.25) is 0 Å². The Morgan fingerprint density at radius 1 is 1.27 bits per heavy atom. The molecule has 0 radical (unpaired) electrons. The van der Waals surface area contributed by atoms with E-state index in [1.165, 1.54) is 0 Å². The Balaban J connectivity index is 2.16. The van der Waals surface area contributed by atoms with Crippen molar-refractivity contribution in [3.63, 3.8) is 0 Å². The molecule has 9 heteroatoms. The summed E-state index contributed by atoms with van der Waals surface area (Å²) in [4.78, 5) is 0.550. The summed E-state index contributed by atoms with van der Waals surface area (Å²) in [6.45, 7) is 0. The number of rotatable bonds is 1. The van der Waals surface area contributed by atoms with E-state index in [1.54, 1.807) is 35.0 Å². The Hall–Kier alpha value is -1.64. The lowest BCUT2D eigenvalue weighted by Crippen LogP contribution is -2.33. The molecule has 4 rings (SSSR count). The molecular formula is C13H5Br2ClN4O2. The lowest BCUT2D eigenvalue weighted by atomic mass is 10.3. The molecule has 0 saturated heterocycles. The Kier molecular flexibility index (Phi) is 3.14. The SMILES string of the molecule is [O-][n+]1nc2c(Br)c(-c3occc3Br)nn2c2cc(Cl)ccc21. The lowest BCUT2D eigenvalue weighted by Gasteiger charge is -2.01. The van der Waals surface area contributed by atoms with Crippen molar-refractivity contribution < 1.29 is 9.26 Å². The molecule has 0 aliphatic rings. The topological polar surface area (TPSA) is 70.3 Å². The maximum absolute atomic E-state index is 12.1. The molecule has 0 fully saturated rings. The van der Waals surface area contributed by atoms with Gasteiger partial charge in [-0.25, -0.2) is 4.52 Å². The molecule has 0 bridgehead atoms. The molecule has 22 heavy (non-hydrogen) atoms. The molecule has 0 unspecified atom stereocenters. The highest BCUT2D eigenvalue weighted by Crippen LogP contribution is 2.35. The first-order chi connectivity index (χ1) is 10.6. The van der Waals surface area contributed by atoms with E-state index >= 15 is 0 Å². The van der Waals surface area contributed by atoms with Gasteiger partial charge in [0, 0.05) is 16.2 Å². The van der Waals surface area contributed by atoms with Gasteiger partial charge in [0.05, 0.1) is 15.2 Å². The van der Waals surface area contributed by atoms with Crippen LogP contribution in [0.1, 0.15) is 0 Å². The fraction of sp³-hybridized carbons (Fsp3) is 0. The zero-order valence-corrected chi connectivity index (χ0v) is 14.6. The summed E-state index contributed by atoms with van der Waals surface area (Å²) in [6.07, 6.45) is 1.55. The molecular weight excluding hydrogens is 439 g/mol. The third kappa shape index (κ3) is 1.94. The molecule has 4 aromatic rings. The van der Waals surface area contributed by atoms with Crippen LogP contribution in [0.4, 0.5) is 0 Å². The quantitative estimate of drug-likeness (QED) is 0.329. The zero-order valence-electron chi connectivity index (χ0n) is 10.6. The summed E-state index contributed by atoms with van der Waals surface area (Å²) >= 11 is 12.9. The Morgan fingerprint density at radius 2 is 2.09 bits per heavy atom. The second-order valence-electron chi connectivity index (χ2n) is 4.50. The van der Waals surface area contributed by atoms with Gasteiger partial charge in [-0.15, -0.1) is 0 Å². The number of benzene rings is 1. The van der Waals surface area contributed by atoms with E-state index in [4.69, 9.17) is 16.0 Å². The molecule has 1 aromatic carbocycles. The van der Waals surface area contributed by atoms with Crippen molar-refractivity contribution in [3.8, 4) is 11.5 Å². The first-order valence-electron chi connectivity index (χ1n) is 6.07. The van der Waals surface area contributed by atoms with Crippen molar-refractivity contribution in [1.29, 1.82) is 0 Å². The lowest BCUT2D eigenvalue weighted by molar-refractivity contribution is -0.640. The van der Waals surface area contributed by atoms with Crippen LogP contribution in [0, 0.1) is 5.21 Å². The minimum Gasteiger partial charge on any atom is -0.594 e. The van der Waals surface area contributed by atoms with Gasteiger partial charge < -0.3 is 9.62 Å². The van der Waals surface area contributed by atoms with Gasteiger partial charge in [0.25, 0.3) is 5.52 Å². The highest BCUT2D eigenvalue weighted by atomic mass is 79.9. The van der Waals surface area contributed by atoms with Crippen LogP contribution in [-0.2, 0) is 0 Å². The second kappa shape index (κ2) is 4.94. The van der Waals surface area contributed by atoms with Gasteiger partial charge in [0.2, 0.25) is 5.65 Å². The van der Waals surface area contributed by atoms with Crippen LogP contribution in [0.3, 0.4) is 0 Å². The first kappa shape index (κ1) is 14.0. The molecule has 0 N–H and O–H groups in total. The average molecular weight is 444 g/mol. The fourth-order valence-corrected chi connectivity index (χ4v) is 3.28. The molecule has 0 spiro atoms. The highest BCUT2D eigenvalue weighted by Gasteiger charge is 2.23. The van der Waals surface area contributed by atoms with Crippen LogP contribution in [0.2, 0.25) is 5.02 Å². The van der Waals surface area contributed by atoms with Gasteiger partial charge in [0.1, 0.15) is 11.2 Å². The second-order valence-corrected chi connectivity index (χ2v) is 6.59. The molecule has 0 aliphatic carbocycles. The molecule has 6 nitrogen and oxygen atoms in total. The van der Waals surface area contributed by atoms with Crippen LogP contribution in [-0.4, -0.2) is 14.7 Å². The zero-order chi connectivity index (χ0) is 15.4. The predicted octanol–water partition coefficient (Wildman–Crippen LogP) is 3.95. The largest absolute Gasteiger partial charge is 0.594 e. The van der Waals surface area contributed by atoms with Gasteiger partial charge in [0.15, 0.2) is 5.76 Å². The standard InChI is InChI=1S/C13H5Br2ClN4O2/c14-7-3-4-22-12(7)11-10(15)13-18-20(21)8-2-1-6(16)5-9(8)19(13)17-11/h1-5H. The Morgan fingerprint density at radius 3 is 2.82 bits per heavy atom. The van der Waals surface area contributed by atoms with Gasteiger partial charge >= 0.3 is 0 Å². The molecule has 3 aromatic heterocycles. The van der Waals surface area contributed by atoms with Crippen LogP contribution in [0.25, 0.3) is 28.1 Å². The minimum absolute atomic E-state index is 0.372. The molecule has 3 heterocycles. The van der Waals surface area contributed by atoms with Crippen molar-refractivity contribution in [3.05, 3.63) is 49.7 Å². The minimum atomic E-state index is 0.372. The number of hydrogen-bond donors (Lipinski definition) is 0. The van der Waals surface area contributed by atoms with E-state index in [2.05, 4.69) is 42.1 Å². The van der Waals surface area contributed by atoms with Crippen molar-refractivity contribution in [2.24, 2.45) is 0 Å². The third-order valence-corrected chi connectivity index (χ3v) is 4.78. The van der Waals surface area contributed by atoms with Gasteiger partial charge in [-0.05, 0) is 54.9 Å². The van der Waals surface area contributed by atoms with E-state index in [-0.39, 0.29) is 0 Å². The van der Waals surface area contributed by atoms with Crippen LogP contribution in [0.15, 0.2) is 43.9 Å². The number of aromatic nitrogens is 4. The summed E-state index contributed by atoms with van der Waals surface area (Å²) in [5, 5.41) is 21.1. The summed E-state index contributed by atoms with van der Waals surface area (Å²) < 4.78 is 8.32. The summed E-state index contributed by atoms with van der Waals surface area (Å²) in [7, 11) is 0. The number of furan rings is 1. The van der Waals surface area contributed by atoms with Crippen LogP contribution >= 0.6 is 43.5 Å². The maximum Gasteiger partial charge on any atom is 0.270 e. The van der Waals surface area contributed by atoms with E-state index in [0.29, 0.717) is 42.5 Å². The summed E-state index contributed by atoms with van der Waals surface area (Å²) in [6, 6.07) is 6.67. The summed E-state index contributed by atoms with van der Waals surface area (Å²) in [5.74, 6) is 0.546. The van der Waals surface area contributed by atoms with Crippen LogP contribution in [0.5, 0.6) is 0 Å². The number of hydrogen-bond acceptors (Lipinski definition) is 4. The Labute approximate surface area is 145 Å². The normalized spacial score (nSPS) is 11.6. The van der Waals surface area contributed by atoms with Crippen molar-refractivity contribution in [1.82, 2.24) is 14.7 Å². The van der Waals surface area contributed by atoms with Gasteiger partial charge in [-0.1, -0.05) is 11.6 Å². The van der Waals surface area contributed by atoms with Gasteiger partial charge in [-0.2, -0.15) is 5.10 Å².